The van der Waals surface area contributed by atoms with Crippen LogP contribution in [0.4, 0.5) is 11.4 Å². The maximum absolute atomic E-state index is 13.3. The summed E-state index contributed by atoms with van der Waals surface area (Å²) in [7, 11) is 0. The normalized spacial score (nSPS) is 13.9. The lowest BCUT2D eigenvalue weighted by Crippen LogP contribution is -2.32. The van der Waals surface area contributed by atoms with Crippen LogP contribution in [0.2, 0.25) is 10.0 Å². The highest BCUT2D eigenvalue weighted by molar-refractivity contribution is 8.04. The molecular weight excluding hydrogens is 439 g/mol. The van der Waals surface area contributed by atoms with E-state index in [-0.39, 0.29) is 5.70 Å². The lowest BCUT2D eigenvalue weighted by Gasteiger charge is -2.15. The fraction of sp³-hybridized carbons (Fsp3) is 0.0435. The van der Waals surface area contributed by atoms with Crippen molar-refractivity contribution in [3.8, 4) is 0 Å². The molecule has 4 rings (SSSR count). The van der Waals surface area contributed by atoms with Crippen molar-refractivity contribution in [2.75, 3.05) is 10.2 Å². The van der Waals surface area contributed by atoms with E-state index < -0.39 is 11.8 Å². The van der Waals surface area contributed by atoms with E-state index in [2.05, 4.69) is 5.32 Å². The number of carbonyl (C=O) groups is 2. The Morgan fingerprint density at radius 2 is 1.33 bits per heavy atom. The van der Waals surface area contributed by atoms with E-state index in [4.69, 9.17) is 23.2 Å². The predicted octanol–water partition coefficient (Wildman–Crippen LogP) is 6.29. The molecule has 1 N–H and O–H groups in total. The highest BCUT2D eigenvalue weighted by Gasteiger charge is 2.40. The predicted molar refractivity (Wildman–Crippen MR) is 123 cm³/mol. The summed E-state index contributed by atoms with van der Waals surface area (Å²) in [5.74, 6) is -0.809. The van der Waals surface area contributed by atoms with Gasteiger partial charge in [-0.05, 0) is 67.6 Å². The fourth-order valence-corrected chi connectivity index (χ4v) is 4.12. The van der Waals surface area contributed by atoms with Gasteiger partial charge in [-0.3, -0.25) is 9.59 Å². The number of anilines is 2. The Morgan fingerprint density at radius 3 is 1.93 bits per heavy atom. The Bertz CT molecular complexity index is 1070. The van der Waals surface area contributed by atoms with Crippen molar-refractivity contribution in [2.24, 2.45) is 0 Å². The summed E-state index contributed by atoms with van der Waals surface area (Å²) in [6.45, 7) is 1.98. The second kappa shape index (κ2) is 8.56. The number of nitrogens with one attached hydrogen (secondary N) is 1. The number of rotatable bonds is 5. The van der Waals surface area contributed by atoms with Gasteiger partial charge in [0.1, 0.15) is 10.6 Å². The average molecular weight is 455 g/mol. The lowest BCUT2D eigenvalue weighted by atomic mass is 10.2. The molecule has 0 spiro atoms. The molecule has 7 heteroatoms. The second-order valence-electron chi connectivity index (χ2n) is 6.67. The zero-order chi connectivity index (χ0) is 21.3. The highest BCUT2D eigenvalue weighted by atomic mass is 35.5. The third-order valence-corrected chi connectivity index (χ3v) is 6.08. The van der Waals surface area contributed by atoms with E-state index in [1.54, 1.807) is 36.4 Å². The fourth-order valence-electron chi connectivity index (χ4n) is 2.94. The Labute approximate surface area is 188 Å². The number of imide groups is 1. The summed E-state index contributed by atoms with van der Waals surface area (Å²) in [4.78, 5) is 28.8. The van der Waals surface area contributed by atoms with Crippen molar-refractivity contribution >= 4 is 58.2 Å². The van der Waals surface area contributed by atoms with E-state index in [9.17, 15) is 9.59 Å². The van der Waals surface area contributed by atoms with Crippen molar-refractivity contribution < 1.29 is 9.59 Å². The zero-order valence-corrected chi connectivity index (χ0v) is 18.2. The molecule has 1 aliphatic heterocycles. The van der Waals surface area contributed by atoms with Crippen molar-refractivity contribution in [3.63, 3.8) is 0 Å². The molecule has 0 unspecified atom stereocenters. The number of amides is 2. The molecule has 150 valence electrons. The molecule has 2 amide bonds. The molecule has 0 aromatic heterocycles. The molecule has 0 atom stereocenters. The first kappa shape index (κ1) is 20.5. The number of aryl methyl sites for hydroxylation is 1. The summed E-state index contributed by atoms with van der Waals surface area (Å²) in [6, 6.07) is 21.3. The molecule has 0 saturated heterocycles. The molecular formula is C23H16Cl2N2O2S. The first-order valence-corrected chi connectivity index (χ1v) is 10.7. The first-order chi connectivity index (χ1) is 14.4. The van der Waals surface area contributed by atoms with Crippen LogP contribution in [0.25, 0.3) is 0 Å². The Morgan fingerprint density at radius 1 is 0.767 bits per heavy atom. The molecule has 0 aliphatic carbocycles. The Hall–Kier alpha value is -2.73. The lowest BCUT2D eigenvalue weighted by molar-refractivity contribution is -0.120. The summed E-state index contributed by atoms with van der Waals surface area (Å²) < 4.78 is 0. The van der Waals surface area contributed by atoms with Gasteiger partial charge in [-0.1, -0.05) is 52.7 Å². The molecule has 0 radical (unpaired) electrons. The molecule has 3 aromatic carbocycles. The van der Waals surface area contributed by atoms with Crippen LogP contribution in [0.15, 0.2) is 88.3 Å². The summed E-state index contributed by atoms with van der Waals surface area (Å²) in [5.41, 5.74) is 2.52. The first-order valence-electron chi connectivity index (χ1n) is 9.08. The standard InChI is InChI=1S/C23H16Cl2N2O2S/c1-14-2-8-17(9-3-14)26-20-21(30-19-12-6-16(25)7-13-19)23(29)27(22(20)28)18-10-4-15(24)5-11-18/h2-13,26H,1H3. The van der Waals surface area contributed by atoms with E-state index in [0.717, 1.165) is 21.0 Å². The summed E-state index contributed by atoms with van der Waals surface area (Å²) in [6.07, 6.45) is 0. The van der Waals surface area contributed by atoms with Crippen molar-refractivity contribution in [1.29, 1.82) is 0 Å². The molecule has 0 bridgehead atoms. The van der Waals surface area contributed by atoms with E-state index in [1.165, 1.54) is 11.8 Å². The van der Waals surface area contributed by atoms with Crippen LogP contribution >= 0.6 is 35.0 Å². The number of hydrogen-bond donors (Lipinski definition) is 1. The highest BCUT2D eigenvalue weighted by Crippen LogP contribution is 2.38. The van der Waals surface area contributed by atoms with Crippen LogP contribution in [0.3, 0.4) is 0 Å². The van der Waals surface area contributed by atoms with Crippen LogP contribution in [-0.4, -0.2) is 11.8 Å². The minimum absolute atomic E-state index is 0.235. The van der Waals surface area contributed by atoms with Crippen LogP contribution in [0.1, 0.15) is 5.56 Å². The van der Waals surface area contributed by atoms with Crippen LogP contribution in [0.5, 0.6) is 0 Å². The molecule has 1 aliphatic rings. The zero-order valence-electron chi connectivity index (χ0n) is 15.9. The monoisotopic (exact) mass is 454 g/mol. The van der Waals surface area contributed by atoms with Gasteiger partial charge in [0.2, 0.25) is 0 Å². The van der Waals surface area contributed by atoms with E-state index in [1.807, 2.05) is 43.3 Å². The quantitative estimate of drug-likeness (QED) is 0.460. The molecule has 0 saturated carbocycles. The van der Waals surface area contributed by atoms with Crippen molar-refractivity contribution in [3.05, 3.63) is 99.0 Å². The summed E-state index contributed by atoms with van der Waals surface area (Å²) >= 11 is 13.2. The largest absolute Gasteiger partial charge is 0.350 e. The van der Waals surface area contributed by atoms with Gasteiger partial charge in [-0.2, -0.15) is 0 Å². The number of benzene rings is 3. The maximum Gasteiger partial charge on any atom is 0.283 e. The van der Waals surface area contributed by atoms with Gasteiger partial charge in [0.15, 0.2) is 0 Å². The maximum atomic E-state index is 13.3. The van der Waals surface area contributed by atoms with Crippen LogP contribution < -0.4 is 10.2 Å². The second-order valence-corrected chi connectivity index (χ2v) is 8.63. The molecule has 30 heavy (non-hydrogen) atoms. The molecule has 3 aromatic rings. The minimum atomic E-state index is -0.417. The number of nitrogens with zero attached hydrogens (tertiary/aromatic N) is 1. The smallest absolute Gasteiger partial charge is 0.283 e. The van der Waals surface area contributed by atoms with Gasteiger partial charge in [0, 0.05) is 20.6 Å². The van der Waals surface area contributed by atoms with Gasteiger partial charge >= 0.3 is 0 Å². The number of thioether (sulfide) groups is 1. The number of hydrogen-bond acceptors (Lipinski definition) is 4. The van der Waals surface area contributed by atoms with Gasteiger partial charge in [-0.15, -0.1) is 0 Å². The van der Waals surface area contributed by atoms with Gasteiger partial charge in [-0.25, -0.2) is 4.90 Å². The van der Waals surface area contributed by atoms with E-state index in [0.29, 0.717) is 20.6 Å². The van der Waals surface area contributed by atoms with E-state index >= 15 is 0 Å². The van der Waals surface area contributed by atoms with Gasteiger partial charge in [0.25, 0.3) is 11.8 Å². The number of halogens is 2. The van der Waals surface area contributed by atoms with Crippen molar-refractivity contribution in [2.45, 2.75) is 11.8 Å². The van der Waals surface area contributed by atoms with Crippen molar-refractivity contribution in [1.82, 2.24) is 0 Å². The number of carbonyl (C=O) groups excluding carboxylic acids is 2. The summed E-state index contributed by atoms with van der Waals surface area (Å²) in [5, 5.41) is 4.26. The van der Waals surface area contributed by atoms with Crippen LogP contribution in [-0.2, 0) is 9.59 Å². The SMILES string of the molecule is Cc1ccc(NC2=C(Sc3ccc(Cl)cc3)C(=O)N(c3ccc(Cl)cc3)C2=O)cc1. The molecule has 4 nitrogen and oxygen atoms in total. The van der Waals surface area contributed by atoms with Gasteiger partial charge < -0.3 is 5.32 Å². The topological polar surface area (TPSA) is 49.4 Å². The Balaban J connectivity index is 1.73. The third kappa shape index (κ3) is 4.24. The molecule has 1 heterocycles. The van der Waals surface area contributed by atoms with Crippen LogP contribution in [0, 0.1) is 6.92 Å². The minimum Gasteiger partial charge on any atom is -0.350 e. The third-order valence-electron chi connectivity index (χ3n) is 4.48. The average Bonchev–Trinajstić information content (AvgIpc) is 2.96. The molecule has 0 fully saturated rings. The van der Waals surface area contributed by atoms with Gasteiger partial charge in [0.05, 0.1) is 5.69 Å². The Kier molecular flexibility index (Phi) is 5.86.